The fourth-order valence-electron chi connectivity index (χ4n) is 3.45. The van der Waals surface area contributed by atoms with Crippen LogP contribution in [0.25, 0.3) is 21.8 Å². The zero-order valence-corrected chi connectivity index (χ0v) is 19.1. The average molecular weight is 451 g/mol. The van der Waals surface area contributed by atoms with Gasteiger partial charge in [-0.1, -0.05) is 23.2 Å². The number of nitrogens with zero attached hydrogens (tertiary/aromatic N) is 1. The number of ether oxygens (including phenoxy) is 1. The Labute approximate surface area is 186 Å². The van der Waals surface area contributed by atoms with Crippen molar-refractivity contribution in [2.75, 3.05) is 13.1 Å². The quantitative estimate of drug-likeness (QED) is 0.416. The predicted molar refractivity (Wildman–Crippen MR) is 123 cm³/mol. The predicted octanol–water partition coefficient (Wildman–Crippen LogP) is 6.40. The third-order valence-electron chi connectivity index (χ3n) is 4.82. The van der Waals surface area contributed by atoms with Crippen molar-refractivity contribution in [3.63, 3.8) is 0 Å². The van der Waals surface area contributed by atoms with E-state index >= 15 is 0 Å². The first-order valence-corrected chi connectivity index (χ1v) is 10.9. The Balaban J connectivity index is 0.000000171. The monoisotopic (exact) mass is 450 g/mol. The summed E-state index contributed by atoms with van der Waals surface area (Å²) in [5.74, 6) is 0. The second-order valence-corrected chi connectivity index (χ2v) is 9.45. The summed E-state index contributed by atoms with van der Waals surface area (Å²) in [5.41, 5.74) is 1.70. The Bertz CT molecular complexity index is 970. The van der Waals surface area contributed by atoms with Gasteiger partial charge >= 0.3 is 6.09 Å². The second kappa shape index (κ2) is 9.46. The Morgan fingerprint density at radius 3 is 2.17 bits per heavy atom. The molecule has 1 saturated heterocycles. The van der Waals surface area contributed by atoms with E-state index in [1.807, 2.05) is 57.2 Å². The number of β-amino-alcohol motifs (C(OH)–C–C–N with tert-alkyl or cyclic N) is 1. The molecule has 4 rings (SSSR count). The number of amides is 1. The van der Waals surface area contributed by atoms with Gasteiger partial charge in [0.2, 0.25) is 0 Å². The highest BCUT2D eigenvalue weighted by Gasteiger charge is 2.25. The number of H-pyrrole nitrogens is 1. The van der Waals surface area contributed by atoms with Crippen molar-refractivity contribution in [3.05, 3.63) is 46.4 Å². The van der Waals surface area contributed by atoms with Gasteiger partial charge in [0.1, 0.15) is 5.60 Å². The molecule has 2 N–H and O–H groups in total. The van der Waals surface area contributed by atoms with E-state index in [2.05, 4.69) is 4.98 Å². The van der Waals surface area contributed by atoms with Crippen LogP contribution in [0, 0.1) is 0 Å². The molecule has 1 amide bonds. The SMILES string of the molecule is CC(C)(C)OC(=O)N1CCCCC(O)C1.Clc1ccc2[nH]c3ccc(Cl)cc3c2c1. The first-order valence-electron chi connectivity index (χ1n) is 10.1. The molecular formula is C23H28Cl2N2O3. The zero-order chi connectivity index (χ0) is 21.9. The summed E-state index contributed by atoms with van der Waals surface area (Å²) < 4.78 is 5.26. The molecule has 2 aromatic carbocycles. The molecule has 0 spiro atoms. The number of carbonyl (C=O) groups is 1. The maximum atomic E-state index is 11.7. The summed E-state index contributed by atoms with van der Waals surface area (Å²) >= 11 is 11.9. The molecule has 1 fully saturated rings. The molecule has 0 aliphatic carbocycles. The van der Waals surface area contributed by atoms with Crippen molar-refractivity contribution in [1.82, 2.24) is 9.88 Å². The van der Waals surface area contributed by atoms with Gasteiger partial charge < -0.3 is 19.7 Å². The van der Waals surface area contributed by atoms with Crippen LogP contribution in [0.15, 0.2) is 36.4 Å². The van der Waals surface area contributed by atoms with E-state index in [4.69, 9.17) is 27.9 Å². The maximum Gasteiger partial charge on any atom is 0.410 e. The normalized spacial score (nSPS) is 17.4. The van der Waals surface area contributed by atoms with Crippen LogP contribution in [0.2, 0.25) is 10.0 Å². The fourth-order valence-corrected chi connectivity index (χ4v) is 3.80. The van der Waals surface area contributed by atoms with Crippen molar-refractivity contribution in [2.45, 2.75) is 51.7 Å². The molecule has 7 heteroatoms. The highest BCUT2D eigenvalue weighted by molar-refractivity contribution is 6.33. The summed E-state index contributed by atoms with van der Waals surface area (Å²) in [6.45, 7) is 6.62. The van der Waals surface area contributed by atoms with E-state index in [-0.39, 0.29) is 6.09 Å². The molecule has 1 aliphatic rings. The van der Waals surface area contributed by atoms with Crippen molar-refractivity contribution in [1.29, 1.82) is 0 Å². The third-order valence-corrected chi connectivity index (χ3v) is 5.29. The largest absolute Gasteiger partial charge is 0.444 e. The molecule has 0 bridgehead atoms. The molecule has 162 valence electrons. The van der Waals surface area contributed by atoms with Crippen LogP contribution >= 0.6 is 23.2 Å². The number of benzene rings is 2. The Morgan fingerprint density at radius 1 is 1.07 bits per heavy atom. The van der Waals surface area contributed by atoms with E-state index in [0.29, 0.717) is 13.1 Å². The van der Waals surface area contributed by atoms with Gasteiger partial charge in [-0.3, -0.25) is 0 Å². The van der Waals surface area contributed by atoms with Gasteiger partial charge in [-0.05, 0) is 76.4 Å². The van der Waals surface area contributed by atoms with Crippen molar-refractivity contribution in [2.24, 2.45) is 0 Å². The fraction of sp³-hybridized carbons (Fsp3) is 0.435. The first kappa shape index (κ1) is 22.7. The molecule has 1 atom stereocenters. The molecule has 0 saturated carbocycles. The number of hydrogen-bond donors (Lipinski definition) is 2. The summed E-state index contributed by atoms with van der Waals surface area (Å²) in [4.78, 5) is 16.6. The van der Waals surface area contributed by atoms with Crippen molar-refractivity contribution >= 4 is 51.1 Å². The van der Waals surface area contributed by atoms with E-state index < -0.39 is 11.7 Å². The van der Waals surface area contributed by atoms with Gasteiger partial charge in [0, 0.05) is 44.9 Å². The van der Waals surface area contributed by atoms with Crippen molar-refractivity contribution in [3.8, 4) is 0 Å². The van der Waals surface area contributed by atoms with Crippen LogP contribution in [0.1, 0.15) is 40.0 Å². The van der Waals surface area contributed by atoms with Gasteiger partial charge in [0.25, 0.3) is 0 Å². The van der Waals surface area contributed by atoms with Gasteiger partial charge in [0.05, 0.1) is 6.10 Å². The number of fused-ring (bicyclic) bond motifs is 3. The molecule has 30 heavy (non-hydrogen) atoms. The Hall–Kier alpha value is -1.95. The zero-order valence-electron chi connectivity index (χ0n) is 17.5. The lowest BCUT2D eigenvalue weighted by atomic mass is 10.1. The number of aliphatic hydroxyl groups excluding tert-OH is 1. The van der Waals surface area contributed by atoms with Crippen LogP contribution < -0.4 is 0 Å². The molecule has 3 aromatic rings. The van der Waals surface area contributed by atoms with Gasteiger partial charge in [-0.25, -0.2) is 4.79 Å². The van der Waals surface area contributed by atoms with Gasteiger partial charge in [-0.2, -0.15) is 0 Å². The number of nitrogens with one attached hydrogen (secondary N) is 1. The van der Waals surface area contributed by atoms with E-state index in [9.17, 15) is 9.90 Å². The maximum absolute atomic E-state index is 11.7. The number of carbonyl (C=O) groups excluding carboxylic acids is 1. The summed E-state index contributed by atoms with van der Waals surface area (Å²) in [6.07, 6.45) is 1.97. The lowest BCUT2D eigenvalue weighted by Crippen LogP contribution is -2.40. The number of hydrogen-bond acceptors (Lipinski definition) is 3. The number of likely N-dealkylation sites (tertiary alicyclic amines) is 1. The molecule has 0 radical (unpaired) electrons. The smallest absolute Gasteiger partial charge is 0.410 e. The first-order chi connectivity index (χ1) is 14.1. The molecular weight excluding hydrogens is 423 g/mol. The van der Waals surface area contributed by atoms with E-state index in [1.54, 1.807) is 4.90 Å². The average Bonchev–Trinajstić information content (AvgIpc) is 2.84. The number of aromatic nitrogens is 1. The molecule has 5 nitrogen and oxygen atoms in total. The molecule has 1 aliphatic heterocycles. The molecule has 1 aromatic heterocycles. The van der Waals surface area contributed by atoms with Gasteiger partial charge in [-0.15, -0.1) is 0 Å². The summed E-state index contributed by atoms with van der Waals surface area (Å²) in [5, 5.41) is 13.3. The van der Waals surface area contributed by atoms with Crippen LogP contribution in [0.5, 0.6) is 0 Å². The van der Waals surface area contributed by atoms with E-state index in [1.165, 1.54) is 0 Å². The highest BCUT2D eigenvalue weighted by atomic mass is 35.5. The van der Waals surface area contributed by atoms with Crippen LogP contribution in [-0.4, -0.2) is 45.9 Å². The number of aliphatic hydroxyl groups is 1. The minimum atomic E-state index is -0.464. The van der Waals surface area contributed by atoms with Crippen molar-refractivity contribution < 1.29 is 14.6 Å². The Morgan fingerprint density at radius 2 is 1.63 bits per heavy atom. The van der Waals surface area contributed by atoms with Gasteiger partial charge in [0.15, 0.2) is 0 Å². The lowest BCUT2D eigenvalue weighted by molar-refractivity contribution is 0.0173. The standard InChI is InChI=1S/C12H7Cl2N.C11H21NO3/c13-7-1-3-11-9(5-7)10-6-8(14)2-4-12(10)15-11;1-11(2,3)15-10(14)12-7-5-4-6-9(13)8-12/h1-6,15H;9,13H,4-8H2,1-3H3. The second-order valence-electron chi connectivity index (χ2n) is 8.58. The molecule has 1 unspecified atom stereocenters. The minimum absolute atomic E-state index is 0.316. The number of aromatic amines is 1. The number of rotatable bonds is 0. The topological polar surface area (TPSA) is 65.6 Å². The number of halogens is 2. The summed E-state index contributed by atoms with van der Waals surface area (Å²) in [7, 11) is 0. The van der Waals surface area contributed by atoms with E-state index in [0.717, 1.165) is 51.1 Å². The minimum Gasteiger partial charge on any atom is -0.444 e. The third kappa shape index (κ3) is 6.03. The van der Waals surface area contributed by atoms with Crippen LogP contribution in [0.4, 0.5) is 4.79 Å². The lowest BCUT2D eigenvalue weighted by Gasteiger charge is -2.27. The Kier molecular flexibility index (Phi) is 7.17. The van der Waals surface area contributed by atoms with Crippen LogP contribution in [0.3, 0.4) is 0 Å². The summed E-state index contributed by atoms with van der Waals surface area (Å²) in [6, 6.07) is 11.6. The highest BCUT2D eigenvalue weighted by Crippen LogP contribution is 2.29. The molecule has 2 heterocycles. The van der Waals surface area contributed by atoms with Crippen LogP contribution in [-0.2, 0) is 4.74 Å².